The van der Waals surface area contributed by atoms with Crippen LogP contribution in [0.25, 0.3) is 11.5 Å². The minimum Gasteiger partial charge on any atom is -0.455 e. The number of ketones is 2. The van der Waals surface area contributed by atoms with Gasteiger partial charge in [0.05, 0.1) is 36.6 Å². The van der Waals surface area contributed by atoms with Crippen LogP contribution in [0.3, 0.4) is 0 Å². The molecule has 1 amide bonds. The first-order valence-electron chi connectivity index (χ1n) is 19.4. The zero-order chi connectivity index (χ0) is 42.9. The summed E-state index contributed by atoms with van der Waals surface area (Å²) in [4.78, 5) is 65.8. The van der Waals surface area contributed by atoms with E-state index in [4.69, 9.17) is 35.2 Å². The summed E-state index contributed by atoms with van der Waals surface area (Å²) in [5.41, 5.74) is 5.87. The second-order valence-electron chi connectivity index (χ2n) is 16.1. The summed E-state index contributed by atoms with van der Waals surface area (Å²) < 4.78 is 48.1. The van der Waals surface area contributed by atoms with E-state index in [0.717, 1.165) is 6.92 Å². The Morgan fingerprint density at radius 2 is 1.78 bits per heavy atom. The van der Waals surface area contributed by atoms with Gasteiger partial charge >= 0.3 is 12.1 Å². The van der Waals surface area contributed by atoms with Crippen LogP contribution in [-0.2, 0) is 44.6 Å². The molecule has 2 unspecified atom stereocenters. The lowest BCUT2D eigenvalue weighted by Crippen LogP contribution is -2.61. The van der Waals surface area contributed by atoms with Gasteiger partial charge in [0, 0.05) is 37.1 Å². The number of ether oxygens (including phenoxy) is 5. The number of nitrogens with two attached hydrogens (primary N) is 2. The van der Waals surface area contributed by atoms with Crippen molar-refractivity contribution in [1.29, 1.82) is 0 Å². The van der Waals surface area contributed by atoms with Crippen LogP contribution in [0.1, 0.15) is 74.7 Å². The molecule has 2 aromatic heterocycles. The molecule has 19 heteroatoms. The molecule has 0 spiro atoms. The number of Topliss-reactive ketones (excluding diaryl/α,β-unsaturated/α-hetero) is 2. The van der Waals surface area contributed by atoms with Crippen LogP contribution in [0.15, 0.2) is 18.5 Å². The van der Waals surface area contributed by atoms with Crippen molar-refractivity contribution in [3.05, 3.63) is 18.5 Å². The number of aliphatic hydroxyl groups excluding tert-OH is 1. The molecule has 0 aliphatic carbocycles. The third-order valence-corrected chi connectivity index (χ3v) is 11.7. The SMILES string of the molecule is CC[C@H]1OC(=O)[C@@](C)(F)C(=O)[C@H](C)[C@@H](O[C@@H]2O[C@H](C)CC(N)C2O)[C@](C)(OC)C[C@@H](C)C(=O)[C@H](C)[C@H]2N(CC#CCn3cc(-c4nccc(N)n4)nn3)C(=O)O[C@]12C. The van der Waals surface area contributed by atoms with Crippen molar-refractivity contribution in [1.82, 2.24) is 29.9 Å². The number of aromatic nitrogens is 5. The van der Waals surface area contributed by atoms with Gasteiger partial charge in [0.25, 0.3) is 5.67 Å². The summed E-state index contributed by atoms with van der Waals surface area (Å²) >= 11 is 0. The molecule has 0 radical (unpaired) electrons. The van der Waals surface area contributed by atoms with Crippen molar-refractivity contribution in [3.8, 4) is 23.4 Å². The fourth-order valence-corrected chi connectivity index (χ4v) is 8.44. The molecule has 0 bridgehead atoms. The van der Waals surface area contributed by atoms with Crippen LogP contribution in [-0.4, -0.2) is 132 Å². The molecule has 5 N–H and O–H groups in total. The number of amides is 1. The lowest BCUT2D eigenvalue weighted by atomic mass is 9.73. The predicted molar refractivity (Wildman–Crippen MR) is 204 cm³/mol. The molecule has 0 aromatic carbocycles. The zero-order valence-corrected chi connectivity index (χ0v) is 34.4. The van der Waals surface area contributed by atoms with Crippen LogP contribution >= 0.6 is 0 Å². The Morgan fingerprint density at radius 1 is 1.09 bits per heavy atom. The molecule has 3 aliphatic rings. The van der Waals surface area contributed by atoms with Crippen LogP contribution in [0.5, 0.6) is 0 Å². The van der Waals surface area contributed by atoms with E-state index in [-0.39, 0.29) is 43.4 Å². The Morgan fingerprint density at radius 3 is 2.43 bits per heavy atom. The van der Waals surface area contributed by atoms with E-state index < -0.39 is 95.3 Å². The van der Waals surface area contributed by atoms with E-state index in [2.05, 4.69) is 32.1 Å². The van der Waals surface area contributed by atoms with Crippen molar-refractivity contribution in [2.24, 2.45) is 23.5 Å². The van der Waals surface area contributed by atoms with Crippen molar-refractivity contribution in [2.75, 3.05) is 19.4 Å². The number of carbonyl (C=O) groups excluding carboxylic acids is 4. The maximum absolute atomic E-state index is 16.8. The maximum atomic E-state index is 16.8. The van der Waals surface area contributed by atoms with E-state index in [1.807, 2.05) is 0 Å². The van der Waals surface area contributed by atoms with Gasteiger partial charge in [0.2, 0.25) is 0 Å². The standard InChI is InChI=1S/C39H55FN8O10/c1-10-26-39(8)30(48(36(53)58-39)16-12-11-15-47-19-25(45-46-47)33-43-14-13-27(42)44-33)22(4)28(49)20(2)18-37(6,54-9)32(23(5)31(51)38(7,40)35(52)56-26)57-34-29(50)24(41)17-21(3)55-34/h13-14,19-24,26,29-30,32,34,50H,10,15-18,41H2,1-9H3,(H2,42,43,44)/t20-,21-,22+,23+,24?,26-,29?,30-,32-,34+,37-,38+,39-/m1/s1. The first-order valence-corrected chi connectivity index (χ1v) is 19.4. The normalized spacial score (nSPS) is 37.6. The smallest absolute Gasteiger partial charge is 0.411 e. The highest BCUT2D eigenvalue weighted by Gasteiger charge is 2.61. The number of rotatable bonds is 7. The number of cyclic esters (lactones) is 1. The first-order chi connectivity index (χ1) is 27.2. The highest BCUT2D eigenvalue weighted by molar-refractivity contribution is 6.08. The summed E-state index contributed by atoms with van der Waals surface area (Å²) in [6.45, 7) is 11.8. The molecule has 3 saturated heterocycles. The number of carbonyl (C=O) groups is 4. The highest BCUT2D eigenvalue weighted by atomic mass is 19.1. The number of esters is 1. The summed E-state index contributed by atoms with van der Waals surface area (Å²) in [5.74, 6) is 0.217. The Labute approximate surface area is 336 Å². The van der Waals surface area contributed by atoms with Gasteiger partial charge in [0.1, 0.15) is 36.0 Å². The van der Waals surface area contributed by atoms with Crippen molar-refractivity contribution in [2.45, 2.75) is 141 Å². The first kappa shape index (κ1) is 44.5. The Bertz CT molecular complexity index is 1920. The largest absolute Gasteiger partial charge is 0.455 e. The molecule has 5 rings (SSSR count). The minimum absolute atomic E-state index is 0.0239. The number of halogens is 1. The molecule has 3 aliphatic heterocycles. The Kier molecular flexibility index (Phi) is 13.3. The molecule has 318 valence electrons. The van der Waals surface area contributed by atoms with E-state index in [1.165, 1.54) is 36.7 Å². The number of nitrogen functional groups attached to an aromatic ring is 1. The number of alkyl halides is 1. The molecule has 5 heterocycles. The van der Waals surface area contributed by atoms with Gasteiger partial charge in [-0.1, -0.05) is 44.7 Å². The quantitative estimate of drug-likeness (QED) is 0.206. The minimum atomic E-state index is -3.23. The van der Waals surface area contributed by atoms with Crippen LogP contribution < -0.4 is 11.5 Å². The number of aliphatic hydroxyl groups is 1. The number of hydrogen-bond donors (Lipinski definition) is 3. The fraction of sp³-hybridized carbons (Fsp3) is 0.692. The third kappa shape index (κ3) is 8.71. The molecular weight excluding hydrogens is 759 g/mol. The van der Waals surface area contributed by atoms with Gasteiger partial charge in [-0.15, -0.1) is 5.10 Å². The van der Waals surface area contributed by atoms with Crippen molar-refractivity contribution < 1.29 is 52.4 Å². The third-order valence-electron chi connectivity index (χ3n) is 11.7. The summed E-state index contributed by atoms with van der Waals surface area (Å²) in [6, 6.07) is -0.262. The molecule has 58 heavy (non-hydrogen) atoms. The molecule has 0 saturated carbocycles. The second kappa shape index (κ2) is 17.3. The van der Waals surface area contributed by atoms with Gasteiger partial charge in [0.15, 0.2) is 23.5 Å². The fourth-order valence-electron chi connectivity index (χ4n) is 8.44. The van der Waals surface area contributed by atoms with Gasteiger partial charge in [-0.05, 0) is 53.0 Å². The zero-order valence-electron chi connectivity index (χ0n) is 34.4. The van der Waals surface area contributed by atoms with Gasteiger partial charge in [-0.3, -0.25) is 14.5 Å². The topological polar surface area (TPSA) is 246 Å². The number of fused-ring (bicyclic) bond motifs is 1. The van der Waals surface area contributed by atoms with Crippen LogP contribution in [0.2, 0.25) is 0 Å². The highest BCUT2D eigenvalue weighted by Crippen LogP contribution is 2.43. The van der Waals surface area contributed by atoms with Crippen LogP contribution in [0, 0.1) is 29.6 Å². The predicted octanol–water partition coefficient (Wildman–Crippen LogP) is 2.01. The van der Waals surface area contributed by atoms with E-state index in [0.29, 0.717) is 12.1 Å². The molecule has 2 aromatic rings. The molecular formula is C39H55FN8O10. The molecule has 13 atom stereocenters. The summed E-state index contributed by atoms with van der Waals surface area (Å²) in [7, 11) is 1.35. The summed E-state index contributed by atoms with van der Waals surface area (Å²) in [6.07, 6.45) is -3.23. The second-order valence-corrected chi connectivity index (χ2v) is 16.1. The van der Waals surface area contributed by atoms with E-state index >= 15 is 4.39 Å². The Balaban J connectivity index is 1.49. The molecule has 3 fully saturated rings. The van der Waals surface area contributed by atoms with E-state index in [1.54, 1.807) is 46.9 Å². The van der Waals surface area contributed by atoms with Crippen molar-refractivity contribution >= 4 is 29.4 Å². The average molecular weight is 815 g/mol. The summed E-state index contributed by atoms with van der Waals surface area (Å²) in [5, 5.41) is 19.1. The van der Waals surface area contributed by atoms with Gasteiger partial charge < -0.3 is 40.3 Å². The monoisotopic (exact) mass is 814 g/mol. The van der Waals surface area contributed by atoms with Gasteiger partial charge in [-0.2, -0.15) is 0 Å². The van der Waals surface area contributed by atoms with E-state index in [9.17, 15) is 24.3 Å². The number of hydrogen-bond acceptors (Lipinski definition) is 16. The van der Waals surface area contributed by atoms with Crippen molar-refractivity contribution in [3.63, 3.8) is 0 Å². The Hall–Kier alpha value is -4.61. The average Bonchev–Trinajstić information content (AvgIpc) is 3.75. The lowest BCUT2D eigenvalue weighted by molar-refractivity contribution is -0.288. The van der Waals surface area contributed by atoms with Crippen LogP contribution in [0.4, 0.5) is 15.0 Å². The number of nitrogens with zero attached hydrogens (tertiary/aromatic N) is 6. The molecule has 18 nitrogen and oxygen atoms in total. The number of anilines is 1. The maximum Gasteiger partial charge on any atom is 0.411 e. The lowest BCUT2D eigenvalue weighted by Gasteiger charge is -2.46. The van der Waals surface area contributed by atoms with Gasteiger partial charge in [-0.25, -0.2) is 28.6 Å². The number of methoxy groups -OCH3 is 1.